The first-order valence-corrected chi connectivity index (χ1v) is 12.2. The Hall–Kier alpha value is -2.80. The third-order valence-corrected chi connectivity index (χ3v) is 6.26. The minimum absolute atomic E-state index is 0.136. The number of nitrogens with zero attached hydrogens (tertiary/aromatic N) is 3. The number of carbonyl (C=O) groups is 2. The molecule has 0 spiro atoms. The highest BCUT2D eigenvalue weighted by molar-refractivity contribution is 5.91. The summed E-state index contributed by atoms with van der Waals surface area (Å²) in [5.74, 6) is 0.981. The molecule has 0 atom stereocenters. The second kappa shape index (κ2) is 11.1. The molecule has 186 valence electrons. The number of hydrogen-bond donors (Lipinski definition) is 0. The second-order valence-electron chi connectivity index (χ2n) is 10.2. The van der Waals surface area contributed by atoms with Gasteiger partial charge < -0.3 is 19.0 Å². The van der Waals surface area contributed by atoms with Gasteiger partial charge in [-0.2, -0.15) is 0 Å². The predicted molar refractivity (Wildman–Crippen MR) is 133 cm³/mol. The summed E-state index contributed by atoms with van der Waals surface area (Å²) in [5.41, 5.74) is 2.72. The number of carbonyl (C=O) groups excluding carboxylic acids is 2. The van der Waals surface area contributed by atoms with Gasteiger partial charge in [0.2, 0.25) is 0 Å². The number of benzene rings is 1. The Kier molecular flexibility index (Phi) is 8.42. The molecule has 0 unspecified atom stereocenters. The van der Waals surface area contributed by atoms with Crippen LogP contribution in [0.5, 0.6) is 0 Å². The van der Waals surface area contributed by atoms with Crippen LogP contribution in [0.4, 0.5) is 4.79 Å². The van der Waals surface area contributed by atoms with Gasteiger partial charge in [-0.15, -0.1) is 0 Å². The first kappa shape index (κ1) is 25.8. The first-order chi connectivity index (χ1) is 16.1. The maximum absolute atomic E-state index is 12.9. The summed E-state index contributed by atoms with van der Waals surface area (Å²) < 4.78 is 11.0. The average molecular weight is 470 g/mol. The van der Waals surface area contributed by atoms with Crippen LogP contribution in [0.25, 0.3) is 0 Å². The van der Waals surface area contributed by atoms with Crippen LogP contribution < -0.4 is 0 Å². The van der Waals surface area contributed by atoms with Crippen LogP contribution in [0.3, 0.4) is 0 Å². The fourth-order valence-electron chi connectivity index (χ4n) is 4.01. The average Bonchev–Trinajstić information content (AvgIpc) is 3.26. The summed E-state index contributed by atoms with van der Waals surface area (Å²) in [7, 11) is 0. The van der Waals surface area contributed by atoms with Gasteiger partial charge in [-0.3, -0.25) is 9.69 Å². The normalized spacial score (nSPS) is 14.7. The molecular formula is C27H39N3O4. The molecule has 7 nitrogen and oxygen atoms in total. The fourth-order valence-corrected chi connectivity index (χ4v) is 4.01. The molecule has 34 heavy (non-hydrogen) atoms. The molecule has 0 saturated carbocycles. The van der Waals surface area contributed by atoms with E-state index in [-0.39, 0.29) is 17.4 Å². The number of piperazine rings is 1. The van der Waals surface area contributed by atoms with Gasteiger partial charge in [0.1, 0.15) is 5.76 Å². The minimum atomic E-state index is -0.322. The lowest BCUT2D eigenvalue weighted by Crippen LogP contribution is -2.50. The van der Waals surface area contributed by atoms with Crippen molar-refractivity contribution in [1.29, 1.82) is 0 Å². The van der Waals surface area contributed by atoms with Gasteiger partial charge in [0, 0.05) is 38.8 Å². The van der Waals surface area contributed by atoms with Crippen molar-refractivity contribution < 1.29 is 18.7 Å². The maximum Gasteiger partial charge on any atom is 0.409 e. The van der Waals surface area contributed by atoms with E-state index in [1.54, 1.807) is 22.8 Å². The van der Waals surface area contributed by atoms with Gasteiger partial charge in [-0.1, -0.05) is 45.0 Å². The number of ether oxygens (including phenoxy) is 1. The molecule has 1 fully saturated rings. The zero-order valence-corrected chi connectivity index (χ0v) is 21.5. The molecule has 1 aromatic heterocycles. The summed E-state index contributed by atoms with van der Waals surface area (Å²) in [6, 6.07) is 12.8. The van der Waals surface area contributed by atoms with Gasteiger partial charge in [0.25, 0.3) is 5.91 Å². The molecule has 0 radical (unpaired) electrons. The molecule has 1 aliphatic heterocycles. The SMILES string of the molecule is CCOC(=O)N1CCN(C(=O)c2ccc(CN(Cc3ccc(C(C)(C)C)cc3)C(C)C)o2)CC1. The first-order valence-electron chi connectivity index (χ1n) is 12.2. The van der Waals surface area contributed by atoms with Crippen molar-refractivity contribution >= 4 is 12.0 Å². The fraction of sp³-hybridized carbons (Fsp3) is 0.556. The molecule has 1 saturated heterocycles. The van der Waals surface area contributed by atoms with Crippen molar-refractivity contribution in [2.45, 2.75) is 66.1 Å². The molecule has 7 heteroatoms. The lowest BCUT2D eigenvalue weighted by molar-refractivity contribution is 0.0543. The van der Waals surface area contributed by atoms with E-state index in [1.807, 2.05) is 6.07 Å². The molecule has 2 aromatic rings. The Morgan fingerprint density at radius 2 is 1.59 bits per heavy atom. The van der Waals surface area contributed by atoms with Gasteiger partial charge in [0.05, 0.1) is 13.2 Å². The van der Waals surface area contributed by atoms with E-state index in [2.05, 4.69) is 63.8 Å². The highest BCUT2D eigenvalue weighted by atomic mass is 16.6. The summed E-state index contributed by atoms with van der Waals surface area (Å²) in [5, 5.41) is 0. The van der Waals surface area contributed by atoms with Gasteiger partial charge in [-0.05, 0) is 49.4 Å². The summed E-state index contributed by atoms with van der Waals surface area (Å²) in [6.07, 6.45) is -0.322. The Morgan fingerprint density at radius 3 is 2.15 bits per heavy atom. The van der Waals surface area contributed by atoms with E-state index in [1.165, 1.54) is 11.1 Å². The van der Waals surface area contributed by atoms with Crippen LogP contribution in [0, 0.1) is 0 Å². The highest BCUT2D eigenvalue weighted by Crippen LogP contribution is 2.23. The molecule has 0 aliphatic carbocycles. The van der Waals surface area contributed by atoms with Crippen LogP contribution in [-0.4, -0.2) is 65.5 Å². The van der Waals surface area contributed by atoms with Crippen LogP contribution in [0.1, 0.15) is 69.0 Å². The van der Waals surface area contributed by atoms with Crippen molar-refractivity contribution in [2.75, 3.05) is 32.8 Å². The van der Waals surface area contributed by atoms with Crippen molar-refractivity contribution in [1.82, 2.24) is 14.7 Å². The molecular weight excluding hydrogens is 430 g/mol. The van der Waals surface area contributed by atoms with E-state index in [0.29, 0.717) is 51.1 Å². The molecule has 1 aliphatic rings. The van der Waals surface area contributed by atoms with E-state index < -0.39 is 0 Å². The van der Waals surface area contributed by atoms with E-state index in [9.17, 15) is 9.59 Å². The lowest BCUT2D eigenvalue weighted by atomic mass is 9.87. The standard InChI is InChI=1S/C27H39N3O4/c1-7-33-26(32)29-16-14-28(15-17-29)25(31)24-13-12-23(34-24)19-30(20(2)3)18-21-8-10-22(11-9-21)27(4,5)6/h8-13,20H,7,14-19H2,1-6H3. The maximum atomic E-state index is 12.9. The molecule has 2 amide bonds. The van der Waals surface area contributed by atoms with E-state index >= 15 is 0 Å². The summed E-state index contributed by atoms with van der Waals surface area (Å²) in [6.45, 7) is 16.4. The van der Waals surface area contributed by atoms with Gasteiger partial charge in [0.15, 0.2) is 5.76 Å². The van der Waals surface area contributed by atoms with Crippen LogP contribution in [0.15, 0.2) is 40.8 Å². The quantitative estimate of drug-likeness (QED) is 0.577. The molecule has 0 bridgehead atoms. The van der Waals surface area contributed by atoms with Crippen molar-refractivity contribution in [3.63, 3.8) is 0 Å². The third-order valence-electron chi connectivity index (χ3n) is 6.26. The molecule has 0 N–H and O–H groups in total. The van der Waals surface area contributed by atoms with Crippen molar-refractivity contribution in [3.05, 3.63) is 59.0 Å². The Bertz CT molecular complexity index is 951. The molecule has 3 rings (SSSR count). The zero-order chi connectivity index (χ0) is 24.9. The van der Waals surface area contributed by atoms with E-state index in [0.717, 1.165) is 12.3 Å². The largest absolute Gasteiger partial charge is 0.455 e. The Balaban J connectivity index is 1.59. The van der Waals surface area contributed by atoms with Crippen molar-refractivity contribution in [3.8, 4) is 0 Å². The van der Waals surface area contributed by atoms with Gasteiger partial charge in [-0.25, -0.2) is 4.79 Å². The number of furan rings is 1. The molecule has 2 heterocycles. The monoisotopic (exact) mass is 469 g/mol. The minimum Gasteiger partial charge on any atom is -0.455 e. The highest BCUT2D eigenvalue weighted by Gasteiger charge is 2.27. The number of rotatable bonds is 7. The summed E-state index contributed by atoms with van der Waals surface area (Å²) >= 11 is 0. The van der Waals surface area contributed by atoms with Gasteiger partial charge >= 0.3 is 6.09 Å². The summed E-state index contributed by atoms with van der Waals surface area (Å²) in [4.78, 5) is 30.5. The second-order valence-corrected chi connectivity index (χ2v) is 10.2. The molecule has 1 aromatic carbocycles. The van der Waals surface area contributed by atoms with Crippen LogP contribution in [0.2, 0.25) is 0 Å². The van der Waals surface area contributed by atoms with Crippen LogP contribution in [-0.2, 0) is 23.2 Å². The topological polar surface area (TPSA) is 66.2 Å². The Labute approximate surface area is 203 Å². The van der Waals surface area contributed by atoms with Crippen LogP contribution >= 0.6 is 0 Å². The lowest BCUT2D eigenvalue weighted by Gasteiger charge is -2.33. The number of hydrogen-bond acceptors (Lipinski definition) is 5. The smallest absolute Gasteiger partial charge is 0.409 e. The zero-order valence-electron chi connectivity index (χ0n) is 21.5. The van der Waals surface area contributed by atoms with E-state index in [4.69, 9.17) is 9.15 Å². The third kappa shape index (κ3) is 6.63. The predicted octanol–water partition coefficient (Wildman–Crippen LogP) is 4.90. The van der Waals surface area contributed by atoms with Crippen molar-refractivity contribution in [2.24, 2.45) is 0 Å². The number of amides is 2. The Morgan fingerprint density at radius 1 is 0.971 bits per heavy atom.